The van der Waals surface area contributed by atoms with E-state index in [2.05, 4.69) is 15.5 Å². The van der Waals surface area contributed by atoms with E-state index in [0.717, 1.165) is 0 Å². The zero-order chi connectivity index (χ0) is 13.4. The number of nitrogens with one attached hydrogen (secondary N) is 1. The predicted molar refractivity (Wildman–Crippen MR) is 71.1 cm³/mol. The van der Waals surface area contributed by atoms with Crippen molar-refractivity contribution in [1.29, 1.82) is 0 Å². The largest absolute Gasteiger partial charge is 0.392 e. The first kappa shape index (κ1) is 12.9. The van der Waals surface area contributed by atoms with E-state index in [1.807, 2.05) is 0 Å². The van der Waals surface area contributed by atoms with Crippen molar-refractivity contribution in [2.75, 3.05) is 6.54 Å². The van der Waals surface area contributed by atoms with Gasteiger partial charge in [0.15, 0.2) is 0 Å². The minimum atomic E-state index is -0.374. The molecule has 19 heavy (non-hydrogen) atoms. The molecule has 1 aliphatic rings. The lowest BCUT2D eigenvalue weighted by Crippen LogP contribution is -2.15. The summed E-state index contributed by atoms with van der Waals surface area (Å²) >= 11 is 11.9. The second-order valence-electron chi connectivity index (χ2n) is 4.46. The van der Waals surface area contributed by atoms with E-state index in [0.29, 0.717) is 40.3 Å². The van der Waals surface area contributed by atoms with Crippen molar-refractivity contribution in [2.45, 2.75) is 18.6 Å². The van der Waals surface area contributed by atoms with Gasteiger partial charge in [-0.15, -0.1) is 0 Å². The first-order valence-corrected chi connectivity index (χ1v) is 6.59. The molecule has 1 aromatic carbocycles. The first-order valence-electron chi connectivity index (χ1n) is 5.83. The number of nitrogens with zero attached hydrogens (tertiary/aromatic N) is 2. The van der Waals surface area contributed by atoms with Crippen molar-refractivity contribution in [3.8, 4) is 11.4 Å². The highest BCUT2D eigenvalue weighted by Gasteiger charge is 2.28. The van der Waals surface area contributed by atoms with Crippen LogP contribution in [0.1, 0.15) is 18.4 Å². The molecule has 7 heteroatoms. The monoisotopic (exact) mass is 299 g/mol. The fraction of sp³-hybridized carbons (Fsp3) is 0.333. The Balaban J connectivity index is 1.88. The summed E-state index contributed by atoms with van der Waals surface area (Å²) in [6, 6.07) is 4.98. The summed E-state index contributed by atoms with van der Waals surface area (Å²) in [5.74, 6) is 0.894. The molecule has 0 amide bonds. The Bertz CT molecular complexity index is 582. The van der Waals surface area contributed by atoms with Gasteiger partial charge in [0.25, 0.3) is 0 Å². The van der Waals surface area contributed by atoms with Gasteiger partial charge in [-0.2, -0.15) is 4.98 Å². The third-order valence-corrected chi connectivity index (χ3v) is 3.40. The van der Waals surface area contributed by atoms with Crippen molar-refractivity contribution < 1.29 is 9.63 Å². The van der Waals surface area contributed by atoms with E-state index in [4.69, 9.17) is 27.7 Å². The van der Waals surface area contributed by atoms with Crippen molar-refractivity contribution >= 4 is 23.2 Å². The second-order valence-corrected chi connectivity index (χ2v) is 5.34. The van der Waals surface area contributed by atoms with Crippen LogP contribution in [-0.4, -0.2) is 27.9 Å². The summed E-state index contributed by atoms with van der Waals surface area (Å²) in [5, 5.41) is 17.5. The van der Waals surface area contributed by atoms with Crippen LogP contribution in [0, 0.1) is 0 Å². The molecule has 0 radical (unpaired) electrons. The van der Waals surface area contributed by atoms with Gasteiger partial charge >= 0.3 is 0 Å². The minimum Gasteiger partial charge on any atom is -0.392 e. The quantitative estimate of drug-likeness (QED) is 0.891. The average Bonchev–Trinajstić information content (AvgIpc) is 2.95. The van der Waals surface area contributed by atoms with E-state index >= 15 is 0 Å². The maximum atomic E-state index is 9.47. The number of aromatic nitrogens is 2. The SMILES string of the molecule is O[C@H]1CN[C@H](c2nc(-c3cc(Cl)cc(Cl)c3)no2)C1. The molecule has 2 N–H and O–H groups in total. The van der Waals surface area contributed by atoms with Gasteiger partial charge in [0.1, 0.15) is 0 Å². The fourth-order valence-corrected chi connectivity index (χ4v) is 2.61. The van der Waals surface area contributed by atoms with Crippen molar-refractivity contribution in [2.24, 2.45) is 0 Å². The van der Waals surface area contributed by atoms with Crippen LogP contribution in [0.25, 0.3) is 11.4 Å². The topological polar surface area (TPSA) is 71.2 Å². The Morgan fingerprint density at radius 2 is 2.00 bits per heavy atom. The molecule has 2 aromatic rings. The molecule has 0 bridgehead atoms. The summed E-state index contributed by atoms with van der Waals surface area (Å²) in [5.41, 5.74) is 0.700. The molecule has 5 nitrogen and oxygen atoms in total. The molecule has 100 valence electrons. The molecule has 1 fully saturated rings. The molecule has 1 aromatic heterocycles. The number of β-amino-alcohol motifs (C(OH)–C–C–N with tert-alkyl or cyclic N) is 1. The molecular formula is C12H11Cl2N3O2. The second kappa shape index (κ2) is 5.09. The lowest BCUT2D eigenvalue weighted by atomic mass is 10.2. The number of halogens is 2. The molecule has 0 unspecified atom stereocenters. The molecule has 0 spiro atoms. The molecule has 1 saturated heterocycles. The molecule has 2 heterocycles. The Labute approximate surface area is 119 Å². The van der Waals surface area contributed by atoms with E-state index in [-0.39, 0.29) is 12.1 Å². The van der Waals surface area contributed by atoms with Gasteiger partial charge < -0.3 is 14.9 Å². The van der Waals surface area contributed by atoms with Crippen LogP contribution < -0.4 is 5.32 Å². The first-order chi connectivity index (χ1) is 9.11. The third-order valence-electron chi connectivity index (χ3n) is 2.97. The van der Waals surface area contributed by atoms with Crippen molar-refractivity contribution in [1.82, 2.24) is 15.5 Å². The van der Waals surface area contributed by atoms with Crippen LogP contribution >= 0.6 is 23.2 Å². The number of aliphatic hydroxyl groups excluding tert-OH is 1. The van der Waals surface area contributed by atoms with Crippen LogP contribution in [0.4, 0.5) is 0 Å². The Morgan fingerprint density at radius 1 is 1.26 bits per heavy atom. The Hall–Kier alpha value is -1.14. The van der Waals surface area contributed by atoms with Crippen LogP contribution in [0.2, 0.25) is 10.0 Å². The number of aliphatic hydroxyl groups is 1. The summed E-state index contributed by atoms with van der Waals surface area (Å²) in [4.78, 5) is 4.31. The summed E-state index contributed by atoms with van der Waals surface area (Å²) in [6.07, 6.45) is 0.193. The zero-order valence-electron chi connectivity index (χ0n) is 9.81. The lowest BCUT2D eigenvalue weighted by molar-refractivity contribution is 0.191. The van der Waals surface area contributed by atoms with Gasteiger partial charge in [-0.25, -0.2) is 0 Å². The summed E-state index contributed by atoms with van der Waals surface area (Å²) < 4.78 is 5.21. The van der Waals surface area contributed by atoms with Gasteiger partial charge in [-0.3, -0.25) is 0 Å². The number of hydrogen-bond acceptors (Lipinski definition) is 5. The fourth-order valence-electron chi connectivity index (χ4n) is 2.08. The molecule has 3 rings (SSSR count). The van der Waals surface area contributed by atoms with Gasteiger partial charge in [0, 0.05) is 22.2 Å². The Kier molecular flexibility index (Phi) is 3.45. The number of rotatable bonds is 2. The van der Waals surface area contributed by atoms with Crippen LogP contribution in [-0.2, 0) is 0 Å². The van der Waals surface area contributed by atoms with Crippen molar-refractivity contribution in [3.05, 3.63) is 34.1 Å². The molecular weight excluding hydrogens is 289 g/mol. The highest BCUT2D eigenvalue weighted by molar-refractivity contribution is 6.35. The van der Waals surface area contributed by atoms with Gasteiger partial charge in [0.2, 0.25) is 11.7 Å². The number of benzene rings is 1. The standard InChI is InChI=1S/C12H11Cl2N3O2/c13-7-1-6(2-8(14)3-7)11-16-12(19-17-11)10-4-9(18)5-15-10/h1-3,9-10,15,18H,4-5H2/t9-,10+/m1/s1. The molecule has 2 atom stereocenters. The van der Waals surface area contributed by atoms with E-state index < -0.39 is 0 Å². The van der Waals surface area contributed by atoms with E-state index in [1.54, 1.807) is 18.2 Å². The molecule has 0 saturated carbocycles. The maximum absolute atomic E-state index is 9.47. The summed E-state index contributed by atoms with van der Waals surface area (Å²) in [7, 11) is 0. The highest BCUT2D eigenvalue weighted by Crippen LogP contribution is 2.28. The smallest absolute Gasteiger partial charge is 0.244 e. The van der Waals surface area contributed by atoms with Crippen LogP contribution in [0.15, 0.2) is 22.7 Å². The van der Waals surface area contributed by atoms with Crippen LogP contribution in [0.5, 0.6) is 0 Å². The highest BCUT2D eigenvalue weighted by atomic mass is 35.5. The van der Waals surface area contributed by atoms with Crippen molar-refractivity contribution in [3.63, 3.8) is 0 Å². The number of hydrogen-bond donors (Lipinski definition) is 2. The molecule has 1 aliphatic heterocycles. The molecule has 0 aliphatic carbocycles. The lowest BCUT2D eigenvalue weighted by Gasteiger charge is -2.01. The van der Waals surface area contributed by atoms with E-state index in [1.165, 1.54) is 0 Å². The minimum absolute atomic E-state index is 0.106. The van der Waals surface area contributed by atoms with E-state index in [9.17, 15) is 5.11 Å². The normalized spacial score (nSPS) is 22.9. The third kappa shape index (κ3) is 2.74. The zero-order valence-corrected chi connectivity index (χ0v) is 11.3. The Morgan fingerprint density at radius 3 is 2.63 bits per heavy atom. The van der Waals surface area contributed by atoms with Gasteiger partial charge in [0.05, 0.1) is 12.1 Å². The summed E-state index contributed by atoms with van der Waals surface area (Å²) in [6.45, 7) is 0.533. The average molecular weight is 300 g/mol. The van der Waals surface area contributed by atoms with Gasteiger partial charge in [-0.05, 0) is 24.6 Å². The predicted octanol–water partition coefficient (Wildman–Crippen LogP) is 2.44. The van der Waals surface area contributed by atoms with Crippen LogP contribution in [0.3, 0.4) is 0 Å². The van der Waals surface area contributed by atoms with Gasteiger partial charge in [-0.1, -0.05) is 28.4 Å². The maximum Gasteiger partial charge on any atom is 0.244 e.